The lowest BCUT2D eigenvalue weighted by molar-refractivity contribution is 0.423. The van der Waals surface area contributed by atoms with Crippen LogP contribution in [0.3, 0.4) is 0 Å². The molecular weight excluding hydrogens is 266 g/mol. The molecule has 2 heteroatoms. The van der Waals surface area contributed by atoms with Crippen LogP contribution in [0, 0.1) is 0 Å². The summed E-state index contributed by atoms with van der Waals surface area (Å²) in [6.45, 7) is 5.62. The number of benzene rings is 2. The van der Waals surface area contributed by atoms with Gasteiger partial charge in [0.25, 0.3) is 6.08 Å². The second kappa shape index (κ2) is 6.98. The number of rotatable bonds is 5. The standard InChI is InChI=1S/C19H18F2/c1-14(2)8-13-18(19(20)21)17-11-9-16(10-12-17)15-6-4-3-5-7-15/h3-7,9-12H,1,8,13H2,2H3. The minimum atomic E-state index is -1.61. The third-order valence-electron chi connectivity index (χ3n) is 3.37. The maximum atomic E-state index is 13.1. The molecule has 2 aromatic carbocycles. The first-order valence-corrected chi connectivity index (χ1v) is 6.92. The highest BCUT2D eigenvalue weighted by atomic mass is 19.3. The van der Waals surface area contributed by atoms with E-state index in [2.05, 4.69) is 6.58 Å². The largest absolute Gasteiger partial charge is 0.274 e. The normalized spacial score (nSPS) is 10.2. The van der Waals surface area contributed by atoms with Crippen LogP contribution >= 0.6 is 0 Å². The second-order valence-electron chi connectivity index (χ2n) is 5.14. The third kappa shape index (κ3) is 4.12. The summed E-state index contributed by atoms with van der Waals surface area (Å²) in [7, 11) is 0. The van der Waals surface area contributed by atoms with Gasteiger partial charge in [-0.1, -0.05) is 60.2 Å². The molecule has 0 radical (unpaired) electrons. The summed E-state index contributed by atoms with van der Waals surface area (Å²) in [5, 5.41) is 0. The maximum absolute atomic E-state index is 13.1. The molecular formula is C19H18F2. The first kappa shape index (κ1) is 15.2. The Morgan fingerprint density at radius 1 is 0.857 bits per heavy atom. The van der Waals surface area contributed by atoms with E-state index in [1.54, 1.807) is 12.1 Å². The first-order chi connectivity index (χ1) is 10.1. The molecule has 0 aliphatic rings. The van der Waals surface area contributed by atoms with Crippen LogP contribution in [0.1, 0.15) is 25.3 Å². The minimum absolute atomic E-state index is 0.109. The Hall–Kier alpha value is -2.22. The van der Waals surface area contributed by atoms with E-state index in [4.69, 9.17) is 0 Å². The van der Waals surface area contributed by atoms with Gasteiger partial charge >= 0.3 is 0 Å². The van der Waals surface area contributed by atoms with Crippen LogP contribution in [0.4, 0.5) is 8.78 Å². The molecule has 0 N–H and O–H groups in total. The molecule has 108 valence electrons. The molecule has 2 rings (SSSR count). The fourth-order valence-electron chi connectivity index (χ4n) is 2.18. The number of hydrogen-bond donors (Lipinski definition) is 0. The van der Waals surface area contributed by atoms with Crippen LogP contribution in [0.15, 0.2) is 72.8 Å². The zero-order valence-electron chi connectivity index (χ0n) is 12.1. The van der Waals surface area contributed by atoms with Crippen molar-refractivity contribution in [1.82, 2.24) is 0 Å². The summed E-state index contributed by atoms with van der Waals surface area (Å²) in [5.41, 5.74) is 3.71. The maximum Gasteiger partial charge on any atom is 0.274 e. The van der Waals surface area contributed by atoms with Gasteiger partial charge in [-0.25, -0.2) is 0 Å². The smallest absolute Gasteiger partial charge is 0.173 e. The molecule has 0 saturated heterocycles. The van der Waals surface area contributed by atoms with E-state index in [1.807, 2.05) is 49.4 Å². The average Bonchev–Trinajstić information content (AvgIpc) is 2.48. The topological polar surface area (TPSA) is 0 Å². The van der Waals surface area contributed by atoms with Gasteiger partial charge < -0.3 is 0 Å². The van der Waals surface area contributed by atoms with Crippen molar-refractivity contribution < 1.29 is 8.78 Å². The lowest BCUT2D eigenvalue weighted by Gasteiger charge is -2.08. The molecule has 0 bridgehead atoms. The average molecular weight is 284 g/mol. The Morgan fingerprint density at radius 2 is 1.43 bits per heavy atom. The van der Waals surface area contributed by atoms with Crippen molar-refractivity contribution in [2.75, 3.05) is 0 Å². The van der Waals surface area contributed by atoms with Gasteiger partial charge in [-0.05, 0) is 36.5 Å². The molecule has 2 aromatic rings. The quantitative estimate of drug-likeness (QED) is 0.564. The van der Waals surface area contributed by atoms with E-state index in [0.717, 1.165) is 16.7 Å². The predicted octanol–water partition coefficient (Wildman–Crippen LogP) is 6.32. The Kier molecular flexibility index (Phi) is 5.04. The van der Waals surface area contributed by atoms with E-state index >= 15 is 0 Å². The van der Waals surface area contributed by atoms with E-state index in [0.29, 0.717) is 18.4 Å². The van der Waals surface area contributed by atoms with Crippen molar-refractivity contribution in [3.05, 3.63) is 78.4 Å². The Labute approximate surface area is 124 Å². The van der Waals surface area contributed by atoms with Crippen LogP contribution in [-0.4, -0.2) is 0 Å². The summed E-state index contributed by atoms with van der Waals surface area (Å²) in [6.07, 6.45) is -0.709. The molecule has 0 fully saturated rings. The first-order valence-electron chi connectivity index (χ1n) is 6.92. The van der Waals surface area contributed by atoms with Crippen molar-refractivity contribution >= 4 is 5.57 Å². The van der Waals surface area contributed by atoms with Gasteiger partial charge in [0, 0.05) is 5.57 Å². The van der Waals surface area contributed by atoms with Crippen LogP contribution in [-0.2, 0) is 0 Å². The fourth-order valence-corrected chi connectivity index (χ4v) is 2.18. The van der Waals surface area contributed by atoms with Crippen molar-refractivity contribution in [3.8, 4) is 11.1 Å². The van der Waals surface area contributed by atoms with E-state index < -0.39 is 6.08 Å². The van der Waals surface area contributed by atoms with Crippen LogP contribution in [0.2, 0.25) is 0 Å². The third-order valence-corrected chi connectivity index (χ3v) is 3.37. The van der Waals surface area contributed by atoms with Gasteiger partial charge in [0.2, 0.25) is 0 Å². The summed E-state index contributed by atoms with van der Waals surface area (Å²) in [5.74, 6) is 0. The summed E-state index contributed by atoms with van der Waals surface area (Å²) in [6, 6.07) is 17.2. The monoisotopic (exact) mass is 284 g/mol. The molecule has 0 nitrogen and oxygen atoms in total. The lowest BCUT2D eigenvalue weighted by Crippen LogP contribution is -1.88. The van der Waals surface area contributed by atoms with Crippen LogP contribution in [0.5, 0.6) is 0 Å². The number of halogens is 2. The second-order valence-corrected chi connectivity index (χ2v) is 5.14. The van der Waals surface area contributed by atoms with Gasteiger partial charge in [-0.3, -0.25) is 0 Å². The summed E-state index contributed by atoms with van der Waals surface area (Å²) >= 11 is 0. The van der Waals surface area contributed by atoms with Crippen LogP contribution < -0.4 is 0 Å². The van der Waals surface area contributed by atoms with Crippen LogP contribution in [0.25, 0.3) is 16.7 Å². The SMILES string of the molecule is C=C(C)CCC(=C(F)F)c1ccc(-c2ccccc2)cc1. The highest BCUT2D eigenvalue weighted by Gasteiger charge is 2.09. The number of hydrogen-bond acceptors (Lipinski definition) is 0. The molecule has 0 aliphatic heterocycles. The van der Waals surface area contributed by atoms with Crippen molar-refractivity contribution in [3.63, 3.8) is 0 Å². The summed E-state index contributed by atoms with van der Waals surface area (Å²) in [4.78, 5) is 0. The van der Waals surface area contributed by atoms with Gasteiger partial charge in [0.05, 0.1) is 0 Å². The lowest BCUT2D eigenvalue weighted by atomic mass is 9.97. The Bertz CT molecular complexity index is 633. The molecule has 0 aromatic heterocycles. The minimum Gasteiger partial charge on any atom is -0.173 e. The van der Waals surface area contributed by atoms with E-state index in [-0.39, 0.29) is 5.57 Å². The highest BCUT2D eigenvalue weighted by molar-refractivity contribution is 5.71. The van der Waals surface area contributed by atoms with Gasteiger partial charge in [0.15, 0.2) is 0 Å². The molecule has 0 unspecified atom stereocenters. The molecule has 0 heterocycles. The zero-order chi connectivity index (χ0) is 15.2. The molecule has 0 saturated carbocycles. The fraction of sp³-hybridized carbons (Fsp3) is 0.158. The van der Waals surface area contributed by atoms with Gasteiger partial charge in [-0.2, -0.15) is 8.78 Å². The van der Waals surface area contributed by atoms with Gasteiger partial charge in [0.1, 0.15) is 0 Å². The molecule has 21 heavy (non-hydrogen) atoms. The predicted molar refractivity (Wildman–Crippen MR) is 85.1 cm³/mol. The van der Waals surface area contributed by atoms with E-state index in [9.17, 15) is 8.78 Å². The molecule has 0 amide bonds. The van der Waals surface area contributed by atoms with E-state index in [1.165, 1.54) is 0 Å². The highest BCUT2D eigenvalue weighted by Crippen LogP contribution is 2.29. The molecule has 0 atom stereocenters. The Balaban J connectivity index is 2.24. The number of allylic oxidation sites excluding steroid dienone is 2. The Morgan fingerprint density at radius 3 is 1.95 bits per heavy atom. The zero-order valence-corrected chi connectivity index (χ0v) is 12.1. The van der Waals surface area contributed by atoms with Crippen molar-refractivity contribution in [2.45, 2.75) is 19.8 Å². The van der Waals surface area contributed by atoms with Crippen molar-refractivity contribution in [1.29, 1.82) is 0 Å². The van der Waals surface area contributed by atoms with Crippen molar-refractivity contribution in [2.24, 2.45) is 0 Å². The molecule has 0 spiro atoms. The molecule has 0 aliphatic carbocycles. The van der Waals surface area contributed by atoms with Gasteiger partial charge in [-0.15, -0.1) is 6.58 Å². The summed E-state index contributed by atoms with van der Waals surface area (Å²) < 4.78 is 26.2.